The Hall–Kier alpha value is -1.14. The Bertz CT molecular complexity index is 593. The highest BCUT2D eigenvalue weighted by molar-refractivity contribution is 5.69. The van der Waals surface area contributed by atoms with Gasteiger partial charge in [-0.25, -0.2) is 9.59 Å². The topological polar surface area (TPSA) is 61.8 Å². The van der Waals surface area contributed by atoms with E-state index in [0.29, 0.717) is 12.8 Å². The lowest BCUT2D eigenvalue weighted by molar-refractivity contribution is -1.34. The van der Waals surface area contributed by atoms with E-state index in [1.165, 1.54) is 161 Å². The summed E-state index contributed by atoms with van der Waals surface area (Å²) >= 11 is 0. The van der Waals surface area contributed by atoms with Crippen molar-refractivity contribution in [3.8, 4) is 0 Å². The summed E-state index contributed by atoms with van der Waals surface area (Å²) in [5.41, 5.74) is 0. The van der Waals surface area contributed by atoms with Crippen molar-refractivity contribution < 1.29 is 29.1 Å². The molecule has 0 aliphatic heterocycles. The minimum Gasteiger partial charge on any atom is -0.245 e. The van der Waals surface area contributed by atoms with Crippen LogP contribution in [0.5, 0.6) is 0 Å². The number of hydrogen-bond acceptors (Lipinski definition) is 5. The molecular formula is C39H78NO5+. The van der Waals surface area contributed by atoms with Gasteiger partial charge in [-0.05, 0) is 19.8 Å². The molecule has 0 aliphatic carbocycles. The van der Waals surface area contributed by atoms with E-state index in [-0.39, 0.29) is 18.5 Å². The molecular weight excluding hydrogens is 562 g/mol. The average Bonchev–Trinajstić information content (AvgIpc) is 3.01. The van der Waals surface area contributed by atoms with Crippen molar-refractivity contribution in [1.82, 2.24) is 0 Å². The second kappa shape index (κ2) is 34.2. The van der Waals surface area contributed by atoms with Crippen LogP contribution in [0.15, 0.2) is 0 Å². The van der Waals surface area contributed by atoms with E-state index in [1.807, 2.05) is 0 Å². The highest BCUT2D eigenvalue weighted by Gasteiger charge is 2.35. The summed E-state index contributed by atoms with van der Waals surface area (Å²) in [7, 11) is 1.47. The first kappa shape index (κ1) is 43.9. The van der Waals surface area contributed by atoms with E-state index in [0.717, 1.165) is 38.5 Å². The molecule has 45 heavy (non-hydrogen) atoms. The summed E-state index contributed by atoms with van der Waals surface area (Å²) in [6, 6.07) is 0. The number of hydroxylamine groups is 3. The third-order valence-electron chi connectivity index (χ3n) is 8.87. The van der Waals surface area contributed by atoms with Crippen molar-refractivity contribution in [3.05, 3.63) is 0 Å². The fourth-order valence-corrected chi connectivity index (χ4v) is 6.05. The molecule has 0 radical (unpaired) electrons. The minimum atomic E-state index is -0.883. The van der Waals surface area contributed by atoms with E-state index in [9.17, 15) is 9.59 Å². The van der Waals surface area contributed by atoms with Gasteiger partial charge in [0.25, 0.3) is 0 Å². The van der Waals surface area contributed by atoms with Crippen molar-refractivity contribution in [2.45, 2.75) is 226 Å². The molecule has 0 aromatic carbocycles. The van der Waals surface area contributed by atoms with E-state index >= 15 is 0 Å². The number of quaternary nitrogens is 1. The molecule has 0 unspecified atom stereocenters. The molecule has 0 amide bonds. The number of unbranched alkanes of at least 4 members (excludes halogenated alkanes) is 28. The highest BCUT2D eigenvalue weighted by atomic mass is 17.2. The van der Waals surface area contributed by atoms with Crippen LogP contribution in [0, 0.1) is 0 Å². The maximum atomic E-state index is 12.4. The van der Waals surface area contributed by atoms with Gasteiger partial charge in [0.2, 0.25) is 0 Å². The number of carbonyl (C=O) groups is 2. The Morgan fingerprint density at radius 1 is 0.378 bits per heavy atom. The Morgan fingerprint density at radius 2 is 0.600 bits per heavy atom. The summed E-state index contributed by atoms with van der Waals surface area (Å²) < 4.78 is 0. The third-order valence-corrected chi connectivity index (χ3v) is 8.87. The standard InChI is InChI=1S/C39H78NO5/c1-5-8-10-12-14-16-18-20-22-24-26-28-30-32-34-36-38(41)44-40(4,43-7-3)45-39(42)37-35-33-31-29-27-25-23-21-19-17-15-13-11-9-6-2/h5-37H2,1-4H3/q+1. The van der Waals surface area contributed by atoms with Gasteiger partial charge in [0.05, 0.1) is 12.8 Å². The van der Waals surface area contributed by atoms with Crippen LogP contribution in [0.25, 0.3) is 0 Å². The minimum absolute atomic E-state index is 0.273. The summed E-state index contributed by atoms with van der Waals surface area (Å²) in [4.78, 5) is 40.4. The lowest BCUT2D eigenvalue weighted by Gasteiger charge is -2.23. The van der Waals surface area contributed by atoms with Crippen LogP contribution >= 0.6 is 0 Å². The molecule has 0 rings (SSSR count). The van der Waals surface area contributed by atoms with Crippen LogP contribution < -0.4 is 0 Å². The lowest BCUT2D eigenvalue weighted by atomic mass is 10.0. The smallest absolute Gasteiger partial charge is 0.245 e. The molecule has 6 nitrogen and oxygen atoms in total. The van der Waals surface area contributed by atoms with Crippen LogP contribution in [0.3, 0.4) is 0 Å². The van der Waals surface area contributed by atoms with Crippen LogP contribution in [0.2, 0.25) is 0 Å². The zero-order chi connectivity index (χ0) is 33.1. The Labute approximate surface area is 280 Å². The van der Waals surface area contributed by atoms with E-state index in [1.54, 1.807) is 6.92 Å². The number of rotatable bonds is 36. The molecule has 268 valence electrons. The molecule has 0 saturated carbocycles. The number of carbonyl (C=O) groups excluding carboxylic acids is 2. The van der Waals surface area contributed by atoms with Crippen molar-refractivity contribution >= 4 is 11.9 Å². The first-order valence-electron chi connectivity index (χ1n) is 19.9. The average molecular weight is 641 g/mol. The van der Waals surface area contributed by atoms with Gasteiger partial charge >= 0.3 is 11.9 Å². The lowest BCUT2D eigenvalue weighted by Crippen LogP contribution is -2.47. The second-order valence-electron chi connectivity index (χ2n) is 13.5. The Balaban J connectivity index is 3.74. The van der Waals surface area contributed by atoms with Crippen molar-refractivity contribution in [2.75, 3.05) is 13.7 Å². The first-order chi connectivity index (χ1) is 22.0. The van der Waals surface area contributed by atoms with E-state index in [4.69, 9.17) is 14.5 Å². The van der Waals surface area contributed by atoms with Gasteiger partial charge in [0.15, 0.2) is 12.0 Å². The molecule has 0 spiro atoms. The monoisotopic (exact) mass is 641 g/mol. The molecule has 6 heteroatoms. The molecule has 0 aliphatic rings. The van der Waals surface area contributed by atoms with Gasteiger partial charge in [-0.1, -0.05) is 194 Å². The maximum Gasteiger partial charge on any atom is 0.377 e. The van der Waals surface area contributed by atoms with Crippen LogP contribution in [0.4, 0.5) is 0 Å². The fraction of sp³-hybridized carbons (Fsp3) is 0.949. The predicted molar refractivity (Wildman–Crippen MR) is 189 cm³/mol. The zero-order valence-corrected chi connectivity index (χ0v) is 30.8. The number of hydrogen-bond donors (Lipinski definition) is 0. The van der Waals surface area contributed by atoms with Crippen LogP contribution in [-0.4, -0.2) is 30.6 Å². The van der Waals surface area contributed by atoms with Gasteiger partial charge in [-0.2, -0.15) is 9.68 Å². The quantitative estimate of drug-likeness (QED) is 0.0387. The molecule has 0 fully saturated rings. The molecule has 0 bridgehead atoms. The SMILES string of the molecule is CCCCCCCCCCCCCCCCCC(=O)O[N+](C)(OCC)OC(=O)CCCCCCCCCCCCCCCCC. The molecule has 0 atom stereocenters. The molecule has 0 heterocycles. The van der Waals surface area contributed by atoms with E-state index < -0.39 is 4.97 Å². The largest absolute Gasteiger partial charge is 0.377 e. The summed E-state index contributed by atoms with van der Waals surface area (Å²) in [5, 5.41) is 0. The molecule has 0 aromatic heterocycles. The van der Waals surface area contributed by atoms with Gasteiger partial charge in [-0.15, -0.1) is 4.84 Å². The molecule has 0 aromatic rings. The predicted octanol–water partition coefficient (Wildman–Crippen LogP) is 12.8. The third kappa shape index (κ3) is 32.6. The van der Waals surface area contributed by atoms with E-state index in [2.05, 4.69) is 13.8 Å². The molecule has 0 saturated heterocycles. The van der Waals surface area contributed by atoms with Gasteiger partial charge in [0, 0.05) is 0 Å². The summed E-state index contributed by atoms with van der Waals surface area (Å²) in [6.45, 7) is 6.61. The first-order valence-corrected chi connectivity index (χ1v) is 19.9. The van der Waals surface area contributed by atoms with Crippen molar-refractivity contribution in [3.63, 3.8) is 0 Å². The fourth-order valence-electron chi connectivity index (χ4n) is 6.05. The Morgan fingerprint density at radius 3 is 0.822 bits per heavy atom. The van der Waals surface area contributed by atoms with Gasteiger partial charge < -0.3 is 0 Å². The number of nitrogens with zero attached hydrogens (tertiary/aromatic N) is 1. The van der Waals surface area contributed by atoms with Crippen molar-refractivity contribution in [2.24, 2.45) is 0 Å². The summed E-state index contributed by atoms with van der Waals surface area (Å²) in [6.07, 6.45) is 39.2. The highest BCUT2D eigenvalue weighted by Crippen LogP contribution is 2.17. The van der Waals surface area contributed by atoms with Crippen LogP contribution in [-0.2, 0) is 24.1 Å². The Kier molecular flexibility index (Phi) is 33.3. The van der Waals surface area contributed by atoms with Gasteiger partial charge in [-0.3, -0.25) is 0 Å². The van der Waals surface area contributed by atoms with Crippen molar-refractivity contribution in [1.29, 1.82) is 0 Å². The van der Waals surface area contributed by atoms with Gasteiger partial charge in [0.1, 0.15) is 6.61 Å². The second-order valence-corrected chi connectivity index (χ2v) is 13.5. The van der Waals surface area contributed by atoms with Crippen LogP contribution in [0.1, 0.15) is 226 Å². The normalized spacial score (nSPS) is 11.6. The summed E-state index contributed by atoms with van der Waals surface area (Å²) in [5.74, 6) is -0.777. The molecule has 0 N–H and O–H groups in total. The maximum absolute atomic E-state index is 12.4. The zero-order valence-electron chi connectivity index (χ0n) is 30.8.